The molecule has 29 heavy (non-hydrogen) atoms. The summed E-state index contributed by atoms with van der Waals surface area (Å²) in [7, 11) is -4.34. The molecule has 0 saturated heterocycles. The van der Waals surface area contributed by atoms with E-state index in [4.69, 9.17) is 5.14 Å². The van der Waals surface area contributed by atoms with Crippen molar-refractivity contribution in [1.29, 1.82) is 0 Å². The Bertz CT molecular complexity index is 1160. The van der Waals surface area contributed by atoms with E-state index >= 15 is 0 Å². The van der Waals surface area contributed by atoms with Gasteiger partial charge in [0.25, 0.3) is 0 Å². The van der Waals surface area contributed by atoms with E-state index in [2.05, 4.69) is 0 Å². The Kier molecular flexibility index (Phi) is 6.23. The van der Waals surface area contributed by atoms with Crippen molar-refractivity contribution in [3.63, 3.8) is 0 Å². The van der Waals surface area contributed by atoms with Crippen molar-refractivity contribution >= 4 is 33.1 Å². The molecular formula is C20H16FN2O4S2-. The normalized spacial score (nSPS) is 12.8. The molecule has 0 fully saturated rings. The summed E-state index contributed by atoms with van der Waals surface area (Å²) >= 11 is -2.98. The lowest BCUT2D eigenvalue weighted by molar-refractivity contribution is 0.534. The second-order valence-electron chi connectivity index (χ2n) is 5.98. The van der Waals surface area contributed by atoms with Gasteiger partial charge in [0.1, 0.15) is 16.4 Å². The lowest BCUT2D eigenvalue weighted by Crippen LogP contribution is -2.24. The third-order valence-electron chi connectivity index (χ3n) is 4.06. The Morgan fingerprint density at radius 1 is 0.931 bits per heavy atom. The number of sulfonamides is 1. The molecule has 0 aliphatic carbocycles. The van der Waals surface area contributed by atoms with E-state index in [1.54, 1.807) is 12.1 Å². The van der Waals surface area contributed by atoms with Gasteiger partial charge in [0.15, 0.2) is 0 Å². The topological polar surface area (TPSA) is 104 Å². The molecule has 3 aromatic rings. The maximum atomic E-state index is 14.3. The number of benzene rings is 3. The van der Waals surface area contributed by atoms with Gasteiger partial charge in [-0.15, -0.1) is 0 Å². The van der Waals surface area contributed by atoms with Gasteiger partial charge in [-0.1, -0.05) is 60.7 Å². The third kappa shape index (κ3) is 4.96. The molecule has 3 rings (SSSR count). The van der Waals surface area contributed by atoms with E-state index in [0.29, 0.717) is 9.87 Å². The molecule has 0 bridgehead atoms. The van der Waals surface area contributed by atoms with Crippen LogP contribution in [0.4, 0.5) is 10.1 Å². The minimum Gasteiger partial charge on any atom is -0.755 e. The SMILES string of the molecule is NS(=O)(=O)c1cccc(F)c1N(C=Cc1ccc(-c2ccccc2)cc1)S(=O)[O-]. The minimum absolute atomic E-state index is 0.486. The van der Waals surface area contributed by atoms with Crippen LogP contribution in [0.15, 0.2) is 83.9 Å². The highest BCUT2D eigenvalue weighted by molar-refractivity contribution is 7.89. The van der Waals surface area contributed by atoms with Crippen molar-refractivity contribution in [3.05, 3.63) is 90.4 Å². The highest BCUT2D eigenvalue weighted by Gasteiger charge is 2.22. The number of nitrogens with two attached hydrogens (primary N) is 1. The standard InChI is InChI=1S/C20H17FN2O4S2/c21-18-7-4-8-19(29(22,26)27)20(18)23(28(24)25)14-13-15-9-11-17(12-10-15)16-5-2-1-3-6-16/h1-14H,(H,24,25)(H2,22,26,27)/p-1. The van der Waals surface area contributed by atoms with Crippen molar-refractivity contribution in [2.24, 2.45) is 5.14 Å². The van der Waals surface area contributed by atoms with E-state index in [9.17, 15) is 21.6 Å². The predicted molar refractivity (Wildman–Crippen MR) is 110 cm³/mol. The number of anilines is 1. The number of nitrogens with zero attached hydrogens (tertiary/aromatic N) is 1. The van der Waals surface area contributed by atoms with Crippen LogP contribution < -0.4 is 9.44 Å². The van der Waals surface area contributed by atoms with Crippen LogP contribution in [0.1, 0.15) is 5.56 Å². The molecule has 150 valence electrons. The van der Waals surface area contributed by atoms with Crippen LogP contribution in [0.2, 0.25) is 0 Å². The lowest BCUT2D eigenvalue weighted by atomic mass is 10.0. The van der Waals surface area contributed by atoms with Gasteiger partial charge >= 0.3 is 0 Å². The molecule has 6 nitrogen and oxygen atoms in total. The smallest absolute Gasteiger partial charge is 0.240 e. The summed E-state index contributed by atoms with van der Waals surface area (Å²) in [5.74, 6) is -1.04. The summed E-state index contributed by atoms with van der Waals surface area (Å²) in [6.45, 7) is 0. The van der Waals surface area contributed by atoms with Gasteiger partial charge in [-0.05, 0) is 34.9 Å². The van der Waals surface area contributed by atoms with Crippen molar-refractivity contribution in [2.45, 2.75) is 4.90 Å². The van der Waals surface area contributed by atoms with Crippen LogP contribution in [0.25, 0.3) is 17.2 Å². The molecule has 9 heteroatoms. The third-order valence-corrected chi connectivity index (χ3v) is 5.63. The molecule has 3 aromatic carbocycles. The van der Waals surface area contributed by atoms with Gasteiger partial charge in [0.05, 0.1) is 11.3 Å². The Hall–Kier alpha value is -2.85. The monoisotopic (exact) mass is 431 g/mol. The van der Waals surface area contributed by atoms with E-state index in [1.165, 1.54) is 6.08 Å². The van der Waals surface area contributed by atoms with Crippen LogP contribution in [0.5, 0.6) is 0 Å². The van der Waals surface area contributed by atoms with Crippen molar-refractivity contribution in [1.82, 2.24) is 0 Å². The van der Waals surface area contributed by atoms with Crippen LogP contribution in [0.3, 0.4) is 0 Å². The summed E-state index contributed by atoms with van der Waals surface area (Å²) < 4.78 is 61.6. The highest BCUT2D eigenvalue weighted by atomic mass is 32.2. The molecule has 0 radical (unpaired) electrons. The predicted octanol–water partition coefficient (Wildman–Crippen LogP) is 3.41. The molecule has 0 aliphatic rings. The molecular weight excluding hydrogens is 415 g/mol. The summed E-state index contributed by atoms with van der Waals surface area (Å²) in [5, 5.41) is 5.10. The van der Waals surface area contributed by atoms with Crippen LogP contribution in [0, 0.1) is 5.82 Å². The fourth-order valence-electron chi connectivity index (χ4n) is 2.71. The zero-order valence-corrected chi connectivity index (χ0v) is 16.6. The van der Waals surface area contributed by atoms with Gasteiger partial charge in [0, 0.05) is 6.20 Å². The Balaban J connectivity index is 1.95. The van der Waals surface area contributed by atoms with Crippen molar-refractivity contribution in [2.75, 3.05) is 4.31 Å². The maximum Gasteiger partial charge on any atom is 0.240 e. The van der Waals surface area contributed by atoms with E-state index in [0.717, 1.165) is 35.5 Å². The fraction of sp³-hybridized carbons (Fsp3) is 0. The van der Waals surface area contributed by atoms with Crippen molar-refractivity contribution < 1.29 is 21.6 Å². The molecule has 2 N–H and O–H groups in total. The first-order valence-electron chi connectivity index (χ1n) is 8.31. The summed E-state index contributed by atoms with van der Waals surface area (Å²) in [4.78, 5) is -0.634. The molecule has 1 unspecified atom stereocenters. The number of hydrogen-bond donors (Lipinski definition) is 1. The summed E-state index contributed by atoms with van der Waals surface area (Å²) in [5.41, 5.74) is 1.96. The molecule has 1 atom stereocenters. The molecule has 0 amide bonds. The quantitative estimate of drug-likeness (QED) is 0.604. The summed E-state index contributed by atoms with van der Waals surface area (Å²) in [6, 6.07) is 20.0. The van der Waals surface area contributed by atoms with E-state index in [1.807, 2.05) is 42.5 Å². The van der Waals surface area contributed by atoms with Gasteiger partial charge in [-0.3, -0.25) is 8.51 Å². The Morgan fingerprint density at radius 2 is 1.55 bits per heavy atom. The second kappa shape index (κ2) is 8.66. The number of hydrogen-bond acceptors (Lipinski definition) is 4. The molecule has 0 aromatic heterocycles. The van der Waals surface area contributed by atoms with Gasteiger partial charge in [0.2, 0.25) is 10.0 Å². The van der Waals surface area contributed by atoms with Gasteiger partial charge in [-0.25, -0.2) is 17.9 Å². The zero-order chi connectivity index (χ0) is 21.0. The Morgan fingerprint density at radius 3 is 2.14 bits per heavy atom. The van der Waals surface area contributed by atoms with Gasteiger partial charge < -0.3 is 4.55 Å². The molecule has 0 saturated carbocycles. The van der Waals surface area contributed by atoms with Crippen LogP contribution in [-0.2, 0) is 21.3 Å². The first-order valence-corrected chi connectivity index (χ1v) is 10.9. The molecule has 0 aliphatic heterocycles. The number of halogens is 1. The van der Waals surface area contributed by atoms with E-state index in [-0.39, 0.29) is 0 Å². The average molecular weight is 431 g/mol. The summed E-state index contributed by atoms with van der Waals surface area (Å²) in [6.07, 6.45) is 2.48. The first kappa shape index (κ1) is 20.9. The van der Waals surface area contributed by atoms with Gasteiger partial charge in [-0.2, -0.15) is 0 Å². The maximum absolute atomic E-state index is 14.3. The molecule has 0 heterocycles. The molecule has 0 spiro atoms. The highest BCUT2D eigenvalue weighted by Crippen LogP contribution is 2.29. The largest absolute Gasteiger partial charge is 0.755 e. The van der Waals surface area contributed by atoms with Crippen molar-refractivity contribution in [3.8, 4) is 11.1 Å². The average Bonchev–Trinajstić information content (AvgIpc) is 2.69. The van der Waals surface area contributed by atoms with E-state index < -0.39 is 37.7 Å². The lowest BCUT2D eigenvalue weighted by Gasteiger charge is -2.24. The minimum atomic E-state index is -4.34. The number of rotatable bonds is 6. The fourth-order valence-corrected chi connectivity index (χ4v) is 4.00. The van der Waals surface area contributed by atoms with Crippen LogP contribution in [-0.4, -0.2) is 17.2 Å². The zero-order valence-electron chi connectivity index (χ0n) is 14.9. The second-order valence-corrected chi connectivity index (χ2v) is 8.34. The Labute approximate surface area is 170 Å². The first-order chi connectivity index (χ1) is 13.8. The number of primary sulfonamides is 1. The number of para-hydroxylation sites is 1. The van der Waals surface area contributed by atoms with Crippen LogP contribution >= 0.6 is 0 Å².